The molecule has 1 aromatic heterocycles. The summed E-state index contributed by atoms with van der Waals surface area (Å²) in [6.45, 7) is 1.45. The number of carbonyl (C=O) groups is 1. The molecular formula is C21H27F2N5O. The van der Waals surface area contributed by atoms with Crippen LogP contribution in [0.4, 0.5) is 14.7 Å². The predicted molar refractivity (Wildman–Crippen MR) is 102 cm³/mol. The Morgan fingerprint density at radius 3 is 2.90 bits per heavy atom. The lowest BCUT2D eigenvalue weighted by Gasteiger charge is -2.41. The van der Waals surface area contributed by atoms with E-state index >= 15 is 0 Å². The van der Waals surface area contributed by atoms with Gasteiger partial charge in [-0.25, -0.2) is 13.5 Å². The topological polar surface area (TPSA) is 63.1 Å². The molecule has 5 aliphatic rings. The van der Waals surface area contributed by atoms with Crippen molar-refractivity contribution in [2.24, 2.45) is 29.1 Å². The average molecular weight is 403 g/mol. The Labute approximate surface area is 168 Å². The Balaban J connectivity index is 1.17. The van der Waals surface area contributed by atoms with E-state index in [1.54, 1.807) is 0 Å². The first-order chi connectivity index (χ1) is 14.1. The van der Waals surface area contributed by atoms with Crippen molar-refractivity contribution in [2.75, 3.05) is 18.4 Å². The fourth-order valence-electron chi connectivity index (χ4n) is 6.73. The molecule has 1 aromatic rings. The Bertz CT molecular complexity index is 850. The molecule has 4 unspecified atom stereocenters. The summed E-state index contributed by atoms with van der Waals surface area (Å²) >= 11 is 0. The second-order valence-electron chi connectivity index (χ2n) is 9.70. The molecule has 6 nitrogen and oxygen atoms in total. The van der Waals surface area contributed by atoms with Crippen molar-refractivity contribution in [1.82, 2.24) is 19.7 Å². The number of likely N-dealkylation sites (tertiary alicyclic amines) is 1. The highest BCUT2D eigenvalue weighted by atomic mass is 19.3. The van der Waals surface area contributed by atoms with Crippen molar-refractivity contribution in [3.8, 4) is 0 Å². The fraction of sp³-hybridized carbons (Fsp3) is 0.762. The Morgan fingerprint density at radius 2 is 2.14 bits per heavy atom. The van der Waals surface area contributed by atoms with E-state index in [1.807, 2.05) is 4.90 Å². The summed E-state index contributed by atoms with van der Waals surface area (Å²) in [6.07, 6.45) is 9.23. The number of fused-ring (bicyclic) bond motifs is 1. The molecule has 1 amide bonds. The van der Waals surface area contributed by atoms with Crippen LogP contribution in [0, 0.1) is 29.1 Å². The van der Waals surface area contributed by atoms with Gasteiger partial charge in [-0.1, -0.05) is 12.2 Å². The van der Waals surface area contributed by atoms with Crippen molar-refractivity contribution in [3.63, 3.8) is 0 Å². The van der Waals surface area contributed by atoms with E-state index in [9.17, 15) is 13.6 Å². The molecule has 2 aliphatic heterocycles. The van der Waals surface area contributed by atoms with Crippen LogP contribution in [-0.2, 0) is 4.79 Å². The van der Waals surface area contributed by atoms with Crippen LogP contribution in [0.5, 0.6) is 0 Å². The second-order valence-corrected chi connectivity index (χ2v) is 9.70. The number of aromatic nitrogens is 3. The lowest BCUT2D eigenvalue weighted by atomic mass is 9.84. The number of nitrogens with one attached hydrogen (secondary N) is 1. The van der Waals surface area contributed by atoms with E-state index in [0.717, 1.165) is 25.8 Å². The third kappa shape index (κ3) is 2.60. The number of amides is 1. The third-order valence-electron chi connectivity index (χ3n) is 8.37. The van der Waals surface area contributed by atoms with E-state index in [4.69, 9.17) is 0 Å². The van der Waals surface area contributed by atoms with Crippen molar-refractivity contribution < 1.29 is 13.6 Å². The summed E-state index contributed by atoms with van der Waals surface area (Å²) < 4.78 is 28.5. The van der Waals surface area contributed by atoms with Crippen molar-refractivity contribution in [1.29, 1.82) is 0 Å². The molecule has 3 aliphatic carbocycles. The van der Waals surface area contributed by atoms with Gasteiger partial charge in [0.1, 0.15) is 12.4 Å². The van der Waals surface area contributed by atoms with Gasteiger partial charge in [0, 0.05) is 25.0 Å². The number of piperidine rings is 1. The van der Waals surface area contributed by atoms with Gasteiger partial charge in [-0.2, -0.15) is 10.1 Å². The molecule has 156 valence electrons. The van der Waals surface area contributed by atoms with Gasteiger partial charge in [-0.15, -0.1) is 0 Å². The Kier molecular flexibility index (Phi) is 3.84. The molecule has 3 fully saturated rings. The fourth-order valence-corrected chi connectivity index (χ4v) is 6.73. The first-order valence-electron chi connectivity index (χ1n) is 11.0. The molecule has 3 heterocycles. The molecule has 8 heteroatoms. The normalized spacial score (nSPS) is 39.1. The van der Waals surface area contributed by atoms with Gasteiger partial charge in [0.15, 0.2) is 0 Å². The molecule has 1 saturated heterocycles. The molecule has 1 N–H and O–H groups in total. The van der Waals surface area contributed by atoms with Crippen LogP contribution in [0.3, 0.4) is 0 Å². The maximum absolute atomic E-state index is 13.6. The number of hydrogen-bond donors (Lipinski definition) is 1. The van der Waals surface area contributed by atoms with Crippen LogP contribution in [-0.4, -0.2) is 51.1 Å². The highest BCUT2D eigenvalue weighted by Crippen LogP contribution is 2.70. The van der Waals surface area contributed by atoms with Crippen molar-refractivity contribution >= 4 is 11.9 Å². The summed E-state index contributed by atoms with van der Waals surface area (Å²) in [4.78, 5) is 19.5. The number of hydrogen-bond acceptors (Lipinski definition) is 4. The van der Waals surface area contributed by atoms with Crippen LogP contribution in [0.2, 0.25) is 0 Å². The van der Waals surface area contributed by atoms with Gasteiger partial charge in [0.05, 0.1) is 0 Å². The number of allylic oxidation sites excluding steroid dienone is 2. The minimum absolute atomic E-state index is 0.101. The van der Waals surface area contributed by atoms with Crippen LogP contribution < -0.4 is 5.32 Å². The lowest BCUT2D eigenvalue weighted by molar-refractivity contribution is -0.138. The maximum atomic E-state index is 13.6. The standard InChI is InChI=1S/C21H27F2N5O/c22-18(23)17-9-16(26-20-24-11-25-28(17)20)12-2-1-7-27(10-12)19(29)14-8-13-3-4-15(14)21(13)5-6-21/h3-4,11-18H,1-2,5-10H2,(H,24,25,26)/t12?,13?,14?,15?,16-,17+/m0/s1. The largest absolute Gasteiger partial charge is 0.351 e. The molecule has 0 aromatic carbocycles. The predicted octanol–water partition coefficient (Wildman–Crippen LogP) is 3.11. The number of alkyl halides is 2. The SMILES string of the molecule is O=C(C1CC2C=CC1C21CC1)N1CCCC([C@@H]2C[C@H](C(F)F)n3ncnc3N2)C1. The zero-order valence-corrected chi connectivity index (χ0v) is 16.4. The van der Waals surface area contributed by atoms with Gasteiger partial charge in [-0.3, -0.25) is 4.79 Å². The zero-order chi connectivity index (χ0) is 19.8. The monoisotopic (exact) mass is 403 g/mol. The number of rotatable bonds is 3. The third-order valence-corrected chi connectivity index (χ3v) is 8.37. The highest BCUT2D eigenvalue weighted by molar-refractivity contribution is 5.80. The summed E-state index contributed by atoms with van der Waals surface area (Å²) in [5.74, 6) is 2.03. The van der Waals surface area contributed by atoms with Gasteiger partial charge in [0.25, 0.3) is 6.43 Å². The Morgan fingerprint density at radius 1 is 1.28 bits per heavy atom. The Hall–Kier alpha value is -1.99. The van der Waals surface area contributed by atoms with Gasteiger partial charge < -0.3 is 10.2 Å². The minimum Gasteiger partial charge on any atom is -0.351 e. The molecular weight excluding hydrogens is 376 g/mol. The summed E-state index contributed by atoms with van der Waals surface area (Å²) in [7, 11) is 0. The number of nitrogens with zero attached hydrogens (tertiary/aromatic N) is 4. The molecule has 29 heavy (non-hydrogen) atoms. The molecule has 1 spiro atoms. The van der Waals surface area contributed by atoms with E-state index in [1.165, 1.54) is 23.9 Å². The average Bonchev–Trinajstić information content (AvgIpc) is 3.14. The number of halogens is 2. The maximum Gasteiger partial charge on any atom is 0.260 e. The van der Waals surface area contributed by atoms with Crippen LogP contribution in [0.25, 0.3) is 0 Å². The lowest BCUT2D eigenvalue weighted by Crippen LogP contribution is -2.50. The van der Waals surface area contributed by atoms with E-state index in [0.29, 0.717) is 42.1 Å². The van der Waals surface area contributed by atoms with Gasteiger partial charge >= 0.3 is 0 Å². The number of anilines is 1. The zero-order valence-electron chi connectivity index (χ0n) is 16.4. The highest BCUT2D eigenvalue weighted by Gasteiger charge is 2.64. The number of carbonyl (C=O) groups excluding carboxylic acids is 1. The molecule has 2 bridgehead atoms. The molecule has 6 atom stereocenters. The molecule has 0 radical (unpaired) electrons. The minimum atomic E-state index is -2.48. The molecule has 6 rings (SSSR count). The quantitative estimate of drug-likeness (QED) is 0.788. The molecule has 2 saturated carbocycles. The van der Waals surface area contributed by atoms with E-state index in [2.05, 4.69) is 27.6 Å². The smallest absolute Gasteiger partial charge is 0.260 e. The van der Waals surface area contributed by atoms with E-state index in [-0.39, 0.29) is 17.9 Å². The summed E-state index contributed by atoms with van der Waals surface area (Å²) in [6, 6.07) is -1.05. The first-order valence-corrected chi connectivity index (χ1v) is 11.0. The van der Waals surface area contributed by atoms with E-state index < -0.39 is 12.5 Å². The van der Waals surface area contributed by atoms with Crippen molar-refractivity contribution in [2.45, 2.75) is 57.0 Å². The summed E-state index contributed by atoms with van der Waals surface area (Å²) in [5.41, 5.74) is 0.412. The van der Waals surface area contributed by atoms with Gasteiger partial charge in [-0.05, 0) is 61.7 Å². The van der Waals surface area contributed by atoms with Gasteiger partial charge in [0.2, 0.25) is 11.9 Å². The van der Waals surface area contributed by atoms with Crippen LogP contribution in [0.1, 0.15) is 44.6 Å². The first kappa shape index (κ1) is 17.8. The summed E-state index contributed by atoms with van der Waals surface area (Å²) in [5, 5.41) is 7.29. The van der Waals surface area contributed by atoms with Crippen LogP contribution >= 0.6 is 0 Å². The second kappa shape index (κ2) is 6.25. The van der Waals surface area contributed by atoms with Crippen molar-refractivity contribution in [3.05, 3.63) is 18.5 Å². The van der Waals surface area contributed by atoms with Crippen LogP contribution in [0.15, 0.2) is 18.5 Å².